The van der Waals surface area contributed by atoms with Crippen LogP contribution in [-0.2, 0) is 4.74 Å². The second-order valence-electron chi connectivity index (χ2n) is 9.35. The average Bonchev–Trinajstić information content (AvgIpc) is 3.48. The number of fused-ring (bicyclic) bond motifs is 2. The van der Waals surface area contributed by atoms with E-state index >= 15 is 0 Å². The third-order valence-corrected chi connectivity index (χ3v) is 7.03. The van der Waals surface area contributed by atoms with Crippen LogP contribution in [0.1, 0.15) is 60.9 Å². The zero-order valence-electron chi connectivity index (χ0n) is 19.6. The van der Waals surface area contributed by atoms with Crippen LogP contribution in [-0.4, -0.2) is 47.6 Å². The maximum Gasteiger partial charge on any atom is 0.338 e. The molecular formula is C27H32N4O3. The Hall–Kier alpha value is -3.32. The van der Waals surface area contributed by atoms with Crippen molar-refractivity contribution in [2.75, 3.05) is 30.3 Å². The molecule has 0 saturated carbocycles. The summed E-state index contributed by atoms with van der Waals surface area (Å²) in [7, 11) is 0. The Labute approximate surface area is 199 Å². The van der Waals surface area contributed by atoms with Gasteiger partial charge in [0.05, 0.1) is 12.2 Å². The van der Waals surface area contributed by atoms with Gasteiger partial charge >= 0.3 is 12.0 Å². The molecule has 3 N–H and O–H groups in total. The van der Waals surface area contributed by atoms with Crippen LogP contribution in [0.3, 0.4) is 0 Å². The maximum atomic E-state index is 12.7. The van der Waals surface area contributed by atoms with E-state index in [1.807, 2.05) is 19.1 Å². The molecule has 2 atom stereocenters. The van der Waals surface area contributed by atoms with Crippen molar-refractivity contribution in [3.8, 4) is 0 Å². The van der Waals surface area contributed by atoms with Crippen LogP contribution in [0.4, 0.5) is 16.2 Å². The third-order valence-electron chi connectivity index (χ3n) is 7.03. The molecule has 7 nitrogen and oxygen atoms in total. The number of ether oxygens (including phenoxy) is 1. The summed E-state index contributed by atoms with van der Waals surface area (Å²) < 4.78 is 5.18. The van der Waals surface area contributed by atoms with Crippen LogP contribution in [0.25, 0.3) is 10.9 Å². The molecule has 2 amide bonds. The molecule has 2 aliphatic rings. The van der Waals surface area contributed by atoms with Crippen molar-refractivity contribution < 1.29 is 14.3 Å². The number of nitrogens with one attached hydrogen (secondary N) is 3. The van der Waals surface area contributed by atoms with Gasteiger partial charge in [-0.25, -0.2) is 9.59 Å². The second-order valence-corrected chi connectivity index (χ2v) is 9.35. The van der Waals surface area contributed by atoms with E-state index < -0.39 is 0 Å². The molecule has 0 aliphatic carbocycles. The number of anilines is 2. The first kappa shape index (κ1) is 22.5. The first-order valence-electron chi connectivity index (χ1n) is 12.3. The van der Waals surface area contributed by atoms with Gasteiger partial charge in [-0.3, -0.25) is 0 Å². The number of nitrogens with zero attached hydrogens (tertiary/aromatic N) is 1. The molecule has 2 unspecified atom stereocenters. The normalized spacial score (nSPS) is 20.1. The Morgan fingerprint density at radius 1 is 1.09 bits per heavy atom. The lowest BCUT2D eigenvalue weighted by Crippen LogP contribution is -2.37. The number of carbonyl (C=O) groups excluding carboxylic acids is 2. The van der Waals surface area contributed by atoms with Crippen LogP contribution >= 0.6 is 0 Å². The number of aromatic nitrogens is 1. The molecule has 178 valence electrons. The molecule has 0 spiro atoms. The number of carbonyl (C=O) groups is 2. The third kappa shape index (κ3) is 4.80. The SMILES string of the molecule is CCCOC(=O)c1cccc(NC(=O)Nc2ccc3[nH]cc(C4CCN5CCCC5C4)c3c2)c1. The van der Waals surface area contributed by atoms with Crippen LogP contribution in [0.5, 0.6) is 0 Å². The Morgan fingerprint density at radius 3 is 2.79 bits per heavy atom. The van der Waals surface area contributed by atoms with Gasteiger partial charge < -0.3 is 25.3 Å². The monoisotopic (exact) mass is 460 g/mol. The Morgan fingerprint density at radius 2 is 1.94 bits per heavy atom. The molecule has 2 saturated heterocycles. The number of hydrogen-bond donors (Lipinski definition) is 3. The van der Waals surface area contributed by atoms with E-state index in [1.54, 1.807) is 24.3 Å². The number of aromatic amines is 1. The summed E-state index contributed by atoms with van der Waals surface area (Å²) in [4.78, 5) is 30.8. The minimum Gasteiger partial charge on any atom is -0.462 e. The number of amides is 2. The van der Waals surface area contributed by atoms with Gasteiger partial charge in [0.15, 0.2) is 0 Å². The number of urea groups is 1. The Balaban J connectivity index is 1.26. The summed E-state index contributed by atoms with van der Waals surface area (Å²) in [5, 5.41) is 6.93. The molecule has 2 fully saturated rings. The first-order valence-corrected chi connectivity index (χ1v) is 12.3. The fourth-order valence-electron chi connectivity index (χ4n) is 5.36. The van der Waals surface area contributed by atoms with Gasteiger partial charge in [0.25, 0.3) is 0 Å². The first-order chi connectivity index (χ1) is 16.6. The highest BCUT2D eigenvalue weighted by Gasteiger charge is 2.33. The number of piperidine rings is 1. The summed E-state index contributed by atoms with van der Waals surface area (Å²) in [6.45, 7) is 4.74. The summed E-state index contributed by atoms with van der Waals surface area (Å²) in [6, 6.07) is 13.1. The van der Waals surface area contributed by atoms with Crippen molar-refractivity contribution in [1.29, 1.82) is 0 Å². The lowest BCUT2D eigenvalue weighted by atomic mass is 9.85. The number of benzene rings is 2. The lowest BCUT2D eigenvalue weighted by molar-refractivity contribution is 0.0505. The fraction of sp³-hybridized carbons (Fsp3) is 0.407. The van der Waals surface area contributed by atoms with Gasteiger partial charge in [0.2, 0.25) is 0 Å². The Bertz CT molecular complexity index is 1190. The van der Waals surface area contributed by atoms with Crippen LogP contribution in [0.2, 0.25) is 0 Å². The Kier molecular flexibility index (Phi) is 6.54. The topological polar surface area (TPSA) is 86.5 Å². The number of rotatable bonds is 6. The zero-order valence-corrected chi connectivity index (χ0v) is 19.6. The smallest absolute Gasteiger partial charge is 0.338 e. The second kappa shape index (κ2) is 9.89. The predicted octanol–water partition coefficient (Wildman–Crippen LogP) is 5.72. The maximum absolute atomic E-state index is 12.7. The van der Waals surface area contributed by atoms with Gasteiger partial charge in [-0.05, 0) is 93.1 Å². The van der Waals surface area contributed by atoms with Crippen LogP contribution in [0.15, 0.2) is 48.7 Å². The van der Waals surface area contributed by atoms with Crippen molar-refractivity contribution in [3.05, 3.63) is 59.8 Å². The van der Waals surface area contributed by atoms with E-state index in [0.717, 1.165) is 17.6 Å². The van der Waals surface area contributed by atoms with Gasteiger partial charge in [-0.15, -0.1) is 0 Å². The highest BCUT2D eigenvalue weighted by molar-refractivity contribution is 6.02. The van der Waals surface area contributed by atoms with Crippen molar-refractivity contribution in [2.45, 2.75) is 51.0 Å². The van der Waals surface area contributed by atoms with Gasteiger partial charge in [0, 0.05) is 34.5 Å². The molecule has 7 heteroatoms. The minimum atomic E-state index is -0.389. The van der Waals surface area contributed by atoms with Gasteiger partial charge in [-0.2, -0.15) is 0 Å². The summed E-state index contributed by atoms with van der Waals surface area (Å²) in [6.07, 6.45) is 7.92. The fourth-order valence-corrected chi connectivity index (χ4v) is 5.36. The van der Waals surface area contributed by atoms with Crippen molar-refractivity contribution in [3.63, 3.8) is 0 Å². The van der Waals surface area contributed by atoms with E-state index in [0.29, 0.717) is 29.8 Å². The lowest BCUT2D eigenvalue weighted by Gasteiger charge is -2.34. The van der Waals surface area contributed by atoms with Gasteiger partial charge in [0.1, 0.15) is 0 Å². The molecule has 34 heavy (non-hydrogen) atoms. The predicted molar refractivity (Wildman–Crippen MR) is 135 cm³/mol. The largest absolute Gasteiger partial charge is 0.462 e. The standard InChI is InChI=1S/C27H32N4O3/c1-2-13-34-26(32)19-5-3-6-20(14-19)29-27(33)30-21-8-9-25-23(16-21)24(17-28-25)18-10-12-31-11-4-7-22(31)15-18/h3,5-6,8-9,14,16-18,22,28H,2,4,7,10-13,15H2,1H3,(H2,29,30,33). The molecule has 2 aliphatic heterocycles. The van der Waals surface area contributed by atoms with E-state index in [-0.39, 0.29) is 12.0 Å². The van der Waals surface area contributed by atoms with Crippen LogP contribution in [0, 0.1) is 0 Å². The highest BCUT2D eigenvalue weighted by Crippen LogP contribution is 2.39. The number of H-pyrrole nitrogens is 1. The summed E-state index contributed by atoms with van der Waals surface area (Å²) >= 11 is 0. The molecule has 3 heterocycles. The van der Waals surface area contributed by atoms with Crippen molar-refractivity contribution >= 4 is 34.3 Å². The van der Waals surface area contributed by atoms with E-state index in [2.05, 4.69) is 32.8 Å². The van der Waals surface area contributed by atoms with E-state index in [9.17, 15) is 9.59 Å². The van der Waals surface area contributed by atoms with Crippen LogP contribution < -0.4 is 10.6 Å². The zero-order chi connectivity index (χ0) is 23.5. The van der Waals surface area contributed by atoms with Gasteiger partial charge in [-0.1, -0.05) is 13.0 Å². The van der Waals surface area contributed by atoms with Crippen molar-refractivity contribution in [1.82, 2.24) is 9.88 Å². The summed E-state index contributed by atoms with van der Waals surface area (Å²) in [5.41, 5.74) is 4.13. The summed E-state index contributed by atoms with van der Waals surface area (Å²) in [5.74, 6) is 0.159. The minimum absolute atomic E-state index is 0.352. The average molecular weight is 461 g/mol. The molecular weight excluding hydrogens is 428 g/mol. The molecule has 0 radical (unpaired) electrons. The molecule has 5 rings (SSSR count). The number of hydrogen-bond acceptors (Lipinski definition) is 4. The quantitative estimate of drug-likeness (QED) is 0.411. The van der Waals surface area contributed by atoms with E-state index in [4.69, 9.17) is 4.74 Å². The molecule has 1 aromatic heterocycles. The molecule has 0 bridgehead atoms. The molecule has 2 aromatic carbocycles. The van der Waals surface area contributed by atoms with Crippen molar-refractivity contribution in [2.24, 2.45) is 0 Å². The van der Waals surface area contributed by atoms with E-state index in [1.165, 1.54) is 49.7 Å². The number of esters is 1. The molecule has 3 aromatic rings. The highest BCUT2D eigenvalue weighted by atomic mass is 16.5.